The Bertz CT molecular complexity index is 1340. The number of nitrogens with zero attached hydrogens (tertiary/aromatic N) is 1. The smallest absolute Gasteiger partial charge is 0.306 e. The van der Waals surface area contributed by atoms with Crippen LogP contribution in [0.15, 0.2) is 12.2 Å². The van der Waals surface area contributed by atoms with Crippen LogP contribution in [0.1, 0.15) is 367 Å². The summed E-state index contributed by atoms with van der Waals surface area (Å²) >= 11 is 0. The molecule has 0 aromatic rings. The third-order valence-corrected chi connectivity index (χ3v) is 17.0. The number of likely N-dealkylation sites (N-methyl/N-ethyl adjacent to an activating group) is 1. The Balaban J connectivity index is 3.90. The number of rotatable bonds is 66. The molecule has 0 radical (unpaired) electrons. The van der Waals surface area contributed by atoms with Crippen LogP contribution >= 0.6 is 7.82 Å². The van der Waals surface area contributed by atoms with Crippen molar-refractivity contribution in [1.82, 2.24) is 0 Å². The maximum atomic E-state index is 12.8. The first-order valence-electron chi connectivity index (χ1n) is 34.9. The van der Waals surface area contributed by atoms with Crippen LogP contribution in [0, 0.1) is 0 Å². The lowest BCUT2D eigenvalue weighted by atomic mass is 10.0. The van der Waals surface area contributed by atoms with Crippen LogP contribution in [0.5, 0.6) is 0 Å². The molecule has 2 unspecified atom stereocenters. The Hall–Kier alpha value is -1.25. The molecule has 9 nitrogen and oxygen atoms in total. The van der Waals surface area contributed by atoms with Gasteiger partial charge in [0.1, 0.15) is 19.8 Å². The number of carbonyl (C=O) groups excluding carboxylic acids is 2. The highest BCUT2D eigenvalue weighted by atomic mass is 31.2. The van der Waals surface area contributed by atoms with Crippen LogP contribution in [0.2, 0.25) is 0 Å². The third-order valence-electron chi connectivity index (χ3n) is 16.0. The van der Waals surface area contributed by atoms with E-state index < -0.39 is 26.5 Å². The third kappa shape index (κ3) is 65.8. The van der Waals surface area contributed by atoms with E-state index in [1.807, 2.05) is 21.1 Å². The zero-order valence-corrected chi connectivity index (χ0v) is 54.5. The van der Waals surface area contributed by atoms with E-state index in [1.165, 1.54) is 302 Å². The van der Waals surface area contributed by atoms with Crippen molar-refractivity contribution in [2.75, 3.05) is 47.5 Å². The molecule has 0 spiro atoms. The van der Waals surface area contributed by atoms with Gasteiger partial charge in [-0.15, -0.1) is 0 Å². The van der Waals surface area contributed by atoms with E-state index in [4.69, 9.17) is 18.5 Å². The first kappa shape index (κ1) is 77.8. The lowest BCUT2D eigenvalue weighted by molar-refractivity contribution is -0.870. The molecule has 0 N–H and O–H groups in total. The van der Waals surface area contributed by atoms with E-state index in [0.29, 0.717) is 17.4 Å². The fourth-order valence-electron chi connectivity index (χ4n) is 10.7. The van der Waals surface area contributed by atoms with Crippen molar-refractivity contribution in [3.8, 4) is 0 Å². The highest BCUT2D eigenvalue weighted by Crippen LogP contribution is 2.38. The Morgan fingerprint density at radius 1 is 0.380 bits per heavy atom. The SMILES string of the molecule is CCCCCCCCCC/C=C\CCCCCCCCCCCCCCCCCCCCCCCCCCCC(=O)OC(COC(=O)CCCCCCCCCCCCCCCCCCCC)COP(=O)([O-])OCC[N+](C)(C)C. The predicted molar refractivity (Wildman–Crippen MR) is 338 cm³/mol. The minimum atomic E-state index is -4.63. The lowest BCUT2D eigenvalue weighted by Gasteiger charge is -2.28. The van der Waals surface area contributed by atoms with E-state index in [2.05, 4.69) is 26.0 Å². The molecule has 470 valence electrons. The number of esters is 2. The minimum absolute atomic E-state index is 0.0257. The highest BCUT2D eigenvalue weighted by Gasteiger charge is 2.22. The number of hydrogen-bond donors (Lipinski definition) is 0. The van der Waals surface area contributed by atoms with Gasteiger partial charge in [-0.2, -0.15) is 0 Å². The molecule has 0 aromatic heterocycles. The van der Waals surface area contributed by atoms with Crippen molar-refractivity contribution in [2.45, 2.75) is 373 Å². The topological polar surface area (TPSA) is 111 Å². The Morgan fingerprint density at radius 3 is 0.937 bits per heavy atom. The zero-order valence-electron chi connectivity index (χ0n) is 53.6. The molecule has 0 amide bonds. The standard InChI is InChI=1S/C69H136NO8P/c1-6-8-10-12-14-16-18-20-22-24-26-27-28-29-30-31-32-33-34-35-36-37-38-39-40-41-42-43-44-46-48-50-52-54-56-58-60-62-69(72)78-67(66-77-79(73,74)76-64-63-70(3,4)5)65-75-68(71)61-59-57-55-53-51-49-47-45-25-23-21-19-17-15-13-11-9-7-2/h24,26,67H,6-23,25,27-66H2,1-5H3/b26-24-. The van der Waals surface area contributed by atoms with Crippen molar-refractivity contribution in [3.05, 3.63) is 12.2 Å². The minimum Gasteiger partial charge on any atom is -0.756 e. The van der Waals surface area contributed by atoms with Gasteiger partial charge in [0.2, 0.25) is 0 Å². The fourth-order valence-corrected chi connectivity index (χ4v) is 11.4. The van der Waals surface area contributed by atoms with E-state index >= 15 is 0 Å². The van der Waals surface area contributed by atoms with Gasteiger partial charge in [-0.25, -0.2) is 0 Å². The van der Waals surface area contributed by atoms with Crippen LogP contribution in [0.25, 0.3) is 0 Å². The molecule has 0 bridgehead atoms. The number of phosphoric ester groups is 1. The second-order valence-electron chi connectivity index (χ2n) is 25.3. The van der Waals surface area contributed by atoms with Crippen LogP contribution in [0.3, 0.4) is 0 Å². The van der Waals surface area contributed by atoms with Crippen LogP contribution < -0.4 is 4.89 Å². The number of carbonyl (C=O) groups is 2. The average Bonchev–Trinajstić information content (AvgIpc) is 3.41. The van der Waals surface area contributed by atoms with Crippen LogP contribution in [0.4, 0.5) is 0 Å². The zero-order chi connectivity index (χ0) is 57.7. The summed E-state index contributed by atoms with van der Waals surface area (Å²) in [6, 6.07) is 0. The summed E-state index contributed by atoms with van der Waals surface area (Å²) in [4.78, 5) is 38.0. The molecule has 79 heavy (non-hydrogen) atoms. The van der Waals surface area contributed by atoms with E-state index in [-0.39, 0.29) is 32.0 Å². The first-order valence-corrected chi connectivity index (χ1v) is 36.4. The normalized spacial score (nSPS) is 13.1. The van der Waals surface area contributed by atoms with Gasteiger partial charge in [-0.1, -0.05) is 328 Å². The molecule has 0 aromatic carbocycles. The second-order valence-corrected chi connectivity index (χ2v) is 26.7. The molecular weight excluding hydrogens is 1000 g/mol. The van der Waals surface area contributed by atoms with Gasteiger partial charge in [0.25, 0.3) is 7.82 Å². The summed E-state index contributed by atoms with van der Waals surface area (Å²) in [7, 11) is 1.19. The summed E-state index contributed by atoms with van der Waals surface area (Å²) in [6.45, 7) is 4.32. The van der Waals surface area contributed by atoms with Crippen molar-refractivity contribution in [1.29, 1.82) is 0 Å². The van der Waals surface area contributed by atoms with Gasteiger partial charge in [0.15, 0.2) is 6.10 Å². The van der Waals surface area contributed by atoms with Crippen molar-refractivity contribution in [2.24, 2.45) is 0 Å². The molecule has 0 saturated heterocycles. The number of hydrogen-bond acceptors (Lipinski definition) is 8. The summed E-state index contributed by atoms with van der Waals surface area (Å²) in [5, 5.41) is 0. The Kier molecular flexibility index (Phi) is 60.3. The summed E-state index contributed by atoms with van der Waals surface area (Å²) in [6.07, 6.45) is 74.5. The highest BCUT2D eigenvalue weighted by molar-refractivity contribution is 7.45. The summed E-state index contributed by atoms with van der Waals surface area (Å²) < 4.78 is 34.3. The monoisotopic (exact) mass is 1140 g/mol. The molecule has 0 saturated carbocycles. The van der Waals surface area contributed by atoms with Crippen molar-refractivity contribution >= 4 is 19.8 Å². The largest absolute Gasteiger partial charge is 0.756 e. The molecule has 2 atom stereocenters. The number of quaternary nitrogens is 1. The molecule has 0 aliphatic carbocycles. The molecule has 0 heterocycles. The fraction of sp³-hybridized carbons (Fsp3) is 0.942. The van der Waals surface area contributed by atoms with Gasteiger partial charge in [-0.05, 0) is 38.5 Å². The van der Waals surface area contributed by atoms with Gasteiger partial charge in [-0.3, -0.25) is 14.2 Å². The van der Waals surface area contributed by atoms with Gasteiger partial charge in [0, 0.05) is 12.8 Å². The van der Waals surface area contributed by atoms with Crippen LogP contribution in [-0.4, -0.2) is 70.0 Å². The second kappa shape index (κ2) is 61.3. The van der Waals surface area contributed by atoms with E-state index in [9.17, 15) is 19.0 Å². The molecule has 0 fully saturated rings. The maximum Gasteiger partial charge on any atom is 0.306 e. The maximum absolute atomic E-state index is 12.8. The quantitative estimate of drug-likeness (QED) is 0.0195. The molecule has 0 aliphatic heterocycles. The first-order chi connectivity index (χ1) is 38.5. The Morgan fingerprint density at radius 2 is 0.646 bits per heavy atom. The summed E-state index contributed by atoms with van der Waals surface area (Å²) in [5.41, 5.74) is 0. The van der Waals surface area contributed by atoms with Gasteiger partial charge in [0.05, 0.1) is 27.7 Å². The van der Waals surface area contributed by atoms with Gasteiger partial charge >= 0.3 is 11.9 Å². The Labute approximate surface area is 492 Å². The average molecular weight is 1140 g/mol. The number of phosphoric acid groups is 1. The molecule has 0 rings (SSSR count). The van der Waals surface area contributed by atoms with Crippen molar-refractivity contribution in [3.63, 3.8) is 0 Å². The molecular formula is C69H136NO8P. The van der Waals surface area contributed by atoms with Crippen LogP contribution in [-0.2, 0) is 32.7 Å². The number of allylic oxidation sites excluding steroid dienone is 2. The number of ether oxygens (including phenoxy) is 2. The predicted octanol–water partition coefficient (Wildman–Crippen LogP) is 21.7. The van der Waals surface area contributed by atoms with E-state index in [1.54, 1.807) is 0 Å². The number of unbranched alkanes of at least 4 members (excludes halogenated alkanes) is 50. The van der Waals surface area contributed by atoms with Gasteiger partial charge < -0.3 is 27.9 Å². The van der Waals surface area contributed by atoms with E-state index in [0.717, 1.165) is 32.1 Å². The summed E-state index contributed by atoms with van der Waals surface area (Å²) in [5.74, 6) is -0.808. The van der Waals surface area contributed by atoms with Crippen molar-refractivity contribution < 1.29 is 42.1 Å². The molecule has 10 heteroatoms. The molecule has 0 aliphatic rings. The lowest BCUT2D eigenvalue weighted by Crippen LogP contribution is -2.37.